The second-order valence-corrected chi connectivity index (χ2v) is 5.60. The van der Waals surface area contributed by atoms with Crippen molar-refractivity contribution in [3.8, 4) is 0 Å². The van der Waals surface area contributed by atoms with E-state index in [1.807, 2.05) is 13.0 Å². The predicted molar refractivity (Wildman–Crippen MR) is 77.9 cm³/mol. The fraction of sp³-hybridized carbons (Fsp3) is 0.267. The van der Waals surface area contributed by atoms with E-state index in [9.17, 15) is 0 Å². The fourth-order valence-electron chi connectivity index (χ4n) is 2.56. The molecule has 0 saturated heterocycles. The Balaban J connectivity index is 1.76. The van der Waals surface area contributed by atoms with Crippen molar-refractivity contribution in [1.82, 2.24) is 4.98 Å². The molecule has 1 aliphatic rings. The quantitative estimate of drug-likeness (QED) is 0.855. The topological polar surface area (TPSA) is 24.9 Å². The fourth-order valence-corrected chi connectivity index (χ4v) is 2.96. The molecule has 0 spiro atoms. The van der Waals surface area contributed by atoms with Crippen LogP contribution in [0.25, 0.3) is 0 Å². The number of nitrogens with zero attached hydrogens (tertiary/aromatic N) is 1. The Bertz CT molecular complexity index is 555. The van der Waals surface area contributed by atoms with Crippen LogP contribution in [-0.2, 0) is 12.8 Å². The Morgan fingerprint density at radius 2 is 1.78 bits per heavy atom. The molecule has 92 valence electrons. The van der Waals surface area contributed by atoms with Gasteiger partial charge in [0.2, 0.25) is 0 Å². The molecule has 3 heteroatoms. The minimum absolute atomic E-state index is 0.490. The third-order valence-electron chi connectivity index (χ3n) is 3.46. The molecule has 0 unspecified atom stereocenters. The van der Waals surface area contributed by atoms with Gasteiger partial charge in [0, 0.05) is 6.04 Å². The Hall–Kier alpha value is -1.35. The number of rotatable bonds is 2. The van der Waals surface area contributed by atoms with Gasteiger partial charge >= 0.3 is 0 Å². The molecule has 2 nitrogen and oxygen atoms in total. The van der Waals surface area contributed by atoms with Gasteiger partial charge < -0.3 is 5.32 Å². The van der Waals surface area contributed by atoms with E-state index in [0.29, 0.717) is 6.04 Å². The highest BCUT2D eigenvalue weighted by Gasteiger charge is 2.21. The molecule has 0 amide bonds. The number of hydrogen-bond donors (Lipinski definition) is 1. The second kappa shape index (κ2) is 4.73. The minimum Gasteiger partial charge on any atom is -0.380 e. The second-order valence-electron chi connectivity index (χ2n) is 4.79. The third-order valence-corrected chi connectivity index (χ3v) is 3.90. The number of benzene rings is 1. The summed E-state index contributed by atoms with van der Waals surface area (Å²) < 4.78 is 0.889. The van der Waals surface area contributed by atoms with Crippen LogP contribution in [0.15, 0.2) is 41.0 Å². The van der Waals surface area contributed by atoms with E-state index in [1.165, 1.54) is 11.1 Å². The Kier molecular flexibility index (Phi) is 3.08. The van der Waals surface area contributed by atoms with Crippen LogP contribution in [0.5, 0.6) is 0 Å². The van der Waals surface area contributed by atoms with Crippen molar-refractivity contribution in [3.05, 3.63) is 57.8 Å². The molecule has 18 heavy (non-hydrogen) atoms. The molecule has 0 fully saturated rings. The number of pyridine rings is 1. The van der Waals surface area contributed by atoms with Gasteiger partial charge in [0.1, 0.15) is 4.60 Å². The first-order valence-corrected chi connectivity index (χ1v) is 6.98. The van der Waals surface area contributed by atoms with E-state index in [-0.39, 0.29) is 0 Å². The van der Waals surface area contributed by atoms with Gasteiger partial charge in [0.05, 0.1) is 11.4 Å². The molecule has 0 aliphatic heterocycles. The maximum atomic E-state index is 4.42. The number of halogens is 1. The normalized spacial score (nSPS) is 14.6. The van der Waals surface area contributed by atoms with Crippen molar-refractivity contribution in [3.63, 3.8) is 0 Å². The third kappa shape index (κ3) is 2.27. The SMILES string of the molecule is Cc1nc(Br)ccc1NC1Cc2ccccc2C1. The van der Waals surface area contributed by atoms with Crippen LogP contribution in [0.2, 0.25) is 0 Å². The predicted octanol–water partition coefficient (Wildman–Crippen LogP) is 3.73. The number of aryl methyl sites for hydroxylation is 1. The van der Waals surface area contributed by atoms with Crippen LogP contribution in [0.4, 0.5) is 5.69 Å². The molecular weight excluding hydrogens is 288 g/mol. The molecule has 0 saturated carbocycles. The molecule has 1 aliphatic carbocycles. The van der Waals surface area contributed by atoms with Crippen LogP contribution < -0.4 is 5.32 Å². The van der Waals surface area contributed by atoms with E-state index in [0.717, 1.165) is 28.8 Å². The maximum absolute atomic E-state index is 4.42. The van der Waals surface area contributed by atoms with E-state index >= 15 is 0 Å². The zero-order valence-electron chi connectivity index (χ0n) is 10.3. The lowest BCUT2D eigenvalue weighted by molar-refractivity contribution is 0.771. The summed E-state index contributed by atoms with van der Waals surface area (Å²) in [5.74, 6) is 0. The summed E-state index contributed by atoms with van der Waals surface area (Å²) in [5, 5.41) is 3.60. The van der Waals surface area contributed by atoms with Gasteiger partial charge in [-0.3, -0.25) is 0 Å². The first kappa shape index (κ1) is 11.7. The van der Waals surface area contributed by atoms with Gasteiger partial charge in [-0.2, -0.15) is 0 Å². The summed E-state index contributed by atoms with van der Waals surface area (Å²) in [5.41, 5.74) is 5.12. The number of hydrogen-bond acceptors (Lipinski definition) is 2. The molecular formula is C15H15BrN2. The standard InChI is InChI=1S/C15H15BrN2/c1-10-14(6-7-15(16)17-10)18-13-8-11-4-2-3-5-12(11)9-13/h2-7,13,18H,8-9H2,1H3. The molecule has 2 aromatic rings. The van der Waals surface area contributed by atoms with E-state index in [2.05, 4.69) is 56.6 Å². The number of aromatic nitrogens is 1. The van der Waals surface area contributed by atoms with Crippen molar-refractivity contribution < 1.29 is 0 Å². The lowest BCUT2D eigenvalue weighted by Gasteiger charge is -2.15. The molecule has 0 atom stereocenters. The first-order chi connectivity index (χ1) is 8.72. The van der Waals surface area contributed by atoms with Crippen LogP contribution in [0.3, 0.4) is 0 Å². The van der Waals surface area contributed by atoms with Gasteiger partial charge in [-0.25, -0.2) is 4.98 Å². The van der Waals surface area contributed by atoms with Crippen molar-refractivity contribution in [2.24, 2.45) is 0 Å². The molecule has 0 radical (unpaired) electrons. The zero-order chi connectivity index (χ0) is 12.5. The zero-order valence-corrected chi connectivity index (χ0v) is 11.9. The van der Waals surface area contributed by atoms with Crippen LogP contribution in [0.1, 0.15) is 16.8 Å². The summed E-state index contributed by atoms with van der Waals surface area (Å²) in [7, 11) is 0. The summed E-state index contributed by atoms with van der Waals surface area (Å²) in [6.07, 6.45) is 2.21. The number of fused-ring (bicyclic) bond motifs is 1. The van der Waals surface area contributed by atoms with Crippen molar-refractivity contribution in [1.29, 1.82) is 0 Å². The highest BCUT2D eigenvalue weighted by Crippen LogP contribution is 2.25. The smallest absolute Gasteiger partial charge is 0.106 e. The van der Waals surface area contributed by atoms with E-state index in [4.69, 9.17) is 0 Å². The summed E-state index contributed by atoms with van der Waals surface area (Å²) in [6.45, 7) is 2.04. The summed E-state index contributed by atoms with van der Waals surface area (Å²) in [4.78, 5) is 4.42. The molecule has 1 N–H and O–H groups in total. The van der Waals surface area contributed by atoms with Crippen molar-refractivity contribution in [2.75, 3.05) is 5.32 Å². The van der Waals surface area contributed by atoms with E-state index in [1.54, 1.807) is 0 Å². The van der Waals surface area contributed by atoms with Crippen LogP contribution in [0, 0.1) is 6.92 Å². The maximum Gasteiger partial charge on any atom is 0.106 e. The average Bonchev–Trinajstić information content (AvgIpc) is 2.75. The summed E-state index contributed by atoms with van der Waals surface area (Å²) >= 11 is 3.39. The molecule has 0 bridgehead atoms. The Morgan fingerprint density at radius 1 is 1.11 bits per heavy atom. The number of nitrogens with one attached hydrogen (secondary N) is 1. The number of anilines is 1. The summed E-state index contributed by atoms with van der Waals surface area (Å²) in [6, 6.07) is 13.3. The van der Waals surface area contributed by atoms with Crippen LogP contribution in [-0.4, -0.2) is 11.0 Å². The van der Waals surface area contributed by atoms with Gasteiger partial charge in [0.25, 0.3) is 0 Å². The lowest BCUT2D eigenvalue weighted by Crippen LogP contribution is -2.20. The van der Waals surface area contributed by atoms with Gasteiger partial charge in [-0.05, 0) is 59.0 Å². The minimum atomic E-state index is 0.490. The van der Waals surface area contributed by atoms with Crippen LogP contribution >= 0.6 is 15.9 Å². The largest absolute Gasteiger partial charge is 0.380 e. The lowest BCUT2D eigenvalue weighted by atomic mass is 10.1. The van der Waals surface area contributed by atoms with Crippen molar-refractivity contribution in [2.45, 2.75) is 25.8 Å². The van der Waals surface area contributed by atoms with Crippen molar-refractivity contribution >= 4 is 21.6 Å². The highest BCUT2D eigenvalue weighted by atomic mass is 79.9. The van der Waals surface area contributed by atoms with E-state index < -0.39 is 0 Å². The van der Waals surface area contributed by atoms with Gasteiger partial charge in [-0.1, -0.05) is 24.3 Å². The molecule has 1 aromatic carbocycles. The van der Waals surface area contributed by atoms with Gasteiger partial charge in [-0.15, -0.1) is 0 Å². The van der Waals surface area contributed by atoms with Gasteiger partial charge in [0.15, 0.2) is 0 Å². The Labute approximate surface area is 116 Å². The molecule has 1 heterocycles. The first-order valence-electron chi connectivity index (χ1n) is 6.19. The highest BCUT2D eigenvalue weighted by molar-refractivity contribution is 9.10. The average molecular weight is 303 g/mol. The molecule has 1 aromatic heterocycles. The monoisotopic (exact) mass is 302 g/mol. The molecule has 3 rings (SSSR count). The Morgan fingerprint density at radius 3 is 2.39 bits per heavy atom.